The topological polar surface area (TPSA) is 64.3 Å². The molecule has 4 heteroatoms. The summed E-state index contributed by atoms with van der Waals surface area (Å²) in [5.41, 5.74) is 4.44. The molecule has 0 radical (unpaired) electrons. The van der Waals surface area contributed by atoms with E-state index in [1.54, 1.807) is 12.1 Å². The first-order valence-electron chi connectivity index (χ1n) is 8.66. The van der Waals surface area contributed by atoms with Crippen LogP contribution in [0.1, 0.15) is 24.0 Å². The first kappa shape index (κ1) is 17.5. The molecule has 0 unspecified atom stereocenters. The van der Waals surface area contributed by atoms with Crippen molar-refractivity contribution >= 4 is 23.4 Å². The summed E-state index contributed by atoms with van der Waals surface area (Å²) in [5, 5.41) is 17.6. The third kappa shape index (κ3) is 4.01. The van der Waals surface area contributed by atoms with Gasteiger partial charge in [0.15, 0.2) is 0 Å². The number of hydrogen-bond donors (Lipinski definition) is 1. The van der Waals surface area contributed by atoms with Crippen molar-refractivity contribution in [1.29, 1.82) is 5.26 Å². The number of fused-ring (bicyclic) bond motifs is 1. The Labute approximate surface area is 153 Å². The molecule has 1 aliphatic rings. The van der Waals surface area contributed by atoms with Gasteiger partial charge >= 0.3 is 5.97 Å². The third-order valence-corrected chi connectivity index (χ3v) is 4.44. The van der Waals surface area contributed by atoms with Crippen LogP contribution >= 0.6 is 0 Å². The Balaban J connectivity index is 1.89. The quantitative estimate of drug-likeness (QED) is 0.496. The van der Waals surface area contributed by atoms with Crippen molar-refractivity contribution < 1.29 is 9.90 Å². The number of aryl methyl sites for hydroxylation is 1. The highest BCUT2D eigenvalue weighted by Gasteiger charge is 2.16. The molecule has 0 fully saturated rings. The lowest BCUT2D eigenvalue weighted by Gasteiger charge is -2.25. The zero-order valence-electron chi connectivity index (χ0n) is 14.4. The van der Waals surface area contributed by atoms with Crippen LogP contribution in [-0.2, 0) is 11.2 Å². The lowest BCUT2D eigenvalue weighted by Crippen LogP contribution is -2.17. The summed E-state index contributed by atoms with van der Waals surface area (Å²) in [6, 6.07) is 18.4. The van der Waals surface area contributed by atoms with Crippen LogP contribution < -0.4 is 4.90 Å². The van der Waals surface area contributed by atoms with Crippen LogP contribution in [-0.4, -0.2) is 17.6 Å². The number of para-hydroxylation sites is 1. The number of benzene rings is 2. The molecule has 1 aliphatic heterocycles. The minimum atomic E-state index is -1.21. The lowest BCUT2D eigenvalue weighted by atomic mass is 10.0. The van der Waals surface area contributed by atoms with Gasteiger partial charge in [-0.1, -0.05) is 36.4 Å². The van der Waals surface area contributed by atoms with E-state index in [2.05, 4.69) is 41.3 Å². The average Bonchev–Trinajstić information content (AvgIpc) is 2.87. The molecule has 0 saturated carbocycles. The van der Waals surface area contributed by atoms with Crippen molar-refractivity contribution in [1.82, 2.24) is 0 Å². The number of nitrogens with zero attached hydrogens (tertiary/aromatic N) is 2. The van der Waals surface area contributed by atoms with Crippen molar-refractivity contribution in [3.8, 4) is 6.07 Å². The van der Waals surface area contributed by atoms with Gasteiger partial charge in [-0.2, -0.15) is 5.26 Å². The maximum atomic E-state index is 10.8. The molecule has 2 aromatic rings. The third-order valence-electron chi connectivity index (χ3n) is 4.44. The Morgan fingerprint density at radius 2 is 1.96 bits per heavy atom. The van der Waals surface area contributed by atoms with Crippen molar-refractivity contribution in [2.75, 3.05) is 11.4 Å². The van der Waals surface area contributed by atoms with E-state index < -0.39 is 5.97 Å². The van der Waals surface area contributed by atoms with E-state index in [0.717, 1.165) is 31.4 Å². The fourth-order valence-electron chi connectivity index (χ4n) is 3.17. The molecule has 0 bridgehead atoms. The first-order valence-corrected chi connectivity index (χ1v) is 8.66. The number of rotatable bonds is 4. The maximum absolute atomic E-state index is 10.8. The average molecular weight is 344 g/mol. The van der Waals surface area contributed by atoms with E-state index in [-0.39, 0.29) is 5.57 Å². The Hall–Kier alpha value is -3.32. The van der Waals surface area contributed by atoms with Gasteiger partial charge in [0.25, 0.3) is 0 Å². The van der Waals surface area contributed by atoms with Crippen molar-refractivity contribution in [2.45, 2.75) is 19.3 Å². The zero-order valence-corrected chi connectivity index (χ0v) is 14.4. The molecule has 0 aliphatic carbocycles. The van der Waals surface area contributed by atoms with Crippen LogP contribution in [0.3, 0.4) is 0 Å². The smallest absolute Gasteiger partial charge is 0.346 e. The molecular formula is C22H20N2O2. The standard InChI is InChI=1S/C22H20N2O2/c23-16-19(22(25)26)9-6-7-17-12-13-21-18(15-17)8-4-5-14-24(21)20-10-2-1-3-11-20/h1-3,6-7,9-13,15H,4-5,8,14H2,(H,25,26). The van der Waals surface area contributed by atoms with Gasteiger partial charge in [0, 0.05) is 17.9 Å². The molecule has 1 N–H and O–H groups in total. The number of aliphatic carboxylic acids is 1. The molecule has 0 spiro atoms. The Morgan fingerprint density at radius 1 is 1.15 bits per heavy atom. The zero-order chi connectivity index (χ0) is 18.4. The predicted molar refractivity (Wildman–Crippen MR) is 103 cm³/mol. The van der Waals surface area contributed by atoms with Gasteiger partial charge in [-0.15, -0.1) is 0 Å². The van der Waals surface area contributed by atoms with Crippen LogP contribution in [0.5, 0.6) is 0 Å². The number of carbonyl (C=O) groups is 1. The van der Waals surface area contributed by atoms with Gasteiger partial charge in [-0.3, -0.25) is 0 Å². The van der Waals surface area contributed by atoms with E-state index >= 15 is 0 Å². The molecule has 2 aromatic carbocycles. The van der Waals surface area contributed by atoms with Crippen LogP contribution in [0.25, 0.3) is 6.08 Å². The number of anilines is 2. The largest absolute Gasteiger partial charge is 0.477 e. The second-order valence-electron chi connectivity index (χ2n) is 6.19. The van der Waals surface area contributed by atoms with Crippen LogP contribution in [0.15, 0.2) is 66.3 Å². The number of carboxylic acids is 1. The van der Waals surface area contributed by atoms with E-state index in [1.807, 2.05) is 18.2 Å². The highest BCUT2D eigenvalue weighted by molar-refractivity contribution is 5.91. The molecule has 0 amide bonds. The minimum absolute atomic E-state index is 0.272. The lowest BCUT2D eigenvalue weighted by molar-refractivity contribution is -0.132. The molecule has 0 saturated heterocycles. The molecule has 0 aromatic heterocycles. The van der Waals surface area contributed by atoms with Crippen molar-refractivity contribution in [3.05, 3.63) is 77.4 Å². The Morgan fingerprint density at radius 3 is 2.69 bits per heavy atom. The van der Waals surface area contributed by atoms with Crippen LogP contribution in [0.4, 0.5) is 11.4 Å². The molecule has 0 atom stereocenters. The molecule has 4 nitrogen and oxygen atoms in total. The van der Waals surface area contributed by atoms with E-state index in [1.165, 1.54) is 23.0 Å². The second kappa shape index (κ2) is 8.17. The second-order valence-corrected chi connectivity index (χ2v) is 6.19. The van der Waals surface area contributed by atoms with E-state index in [0.29, 0.717) is 0 Å². The first-order chi connectivity index (χ1) is 12.7. The summed E-state index contributed by atoms with van der Waals surface area (Å²) >= 11 is 0. The van der Waals surface area contributed by atoms with E-state index in [4.69, 9.17) is 10.4 Å². The highest BCUT2D eigenvalue weighted by Crippen LogP contribution is 2.33. The summed E-state index contributed by atoms with van der Waals surface area (Å²) in [5.74, 6) is -1.21. The maximum Gasteiger partial charge on any atom is 0.346 e. The van der Waals surface area contributed by atoms with Gasteiger partial charge < -0.3 is 10.0 Å². The summed E-state index contributed by atoms with van der Waals surface area (Å²) in [4.78, 5) is 13.2. The van der Waals surface area contributed by atoms with Crippen molar-refractivity contribution in [2.24, 2.45) is 0 Å². The summed E-state index contributed by atoms with van der Waals surface area (Å²) in [7, 11) is 0. The summed E-state index contributed by atoms with van der Waals surface area (Å²) in [6.45, 7) is 0.999. The number of allylic oxidation sites excluding steroid dienone is 2. The Kier molecular flexibility index (Phi) is 5.50. The van der Waals surface area contributed by atoms with Gasteiger partial charge in [0.1, 0.15) is 11.6 Å². The summed E-state index contributed by atoms with van der Waals surface area (Å²) < 4.78 is 0. The molecule has 1 heterocycles. The number of carboxylic acid groups (broad SMARTS) is 1. The monoisotopic (exact) mass is 344 g/mol. The fraction of sp³-hybridized carbons (Fsp3) is 0.182. The van der Waals surface area contributed by atoms with Crippen molar-refractivity contribution in [3.63, 3.8) is 0 Å². The van der Waals surface area contributed by atoms with Crippen LogP contribution in [0.2, 0.25) is 0 Å². The number of hydrogen-bond acceptors (Lipinski definition) is 3. The molecule has 130 valence electrons. The SMILES string of the molecule is N#CC(=CC=Cc1ccc2c(c1)CCCCN2c1ccccc1)C(=O)O. The van der Waals surface area contributed by atoms with Crippen LogP contribution in [0, 0.1) is 11.3 Å². The van der Waals surface area contributed by atoms with Gasteiger partial charge in [-0.05, 0) is 60.7 Å². The molecule has 3 rings (SSSR count). The normalized spacial score (nSPS) is 14.6. The predicted octanol–water partition coefficient (Wildman–Crippen LogP) is 4.71. The minimum Gasteiger partial charge on any atom is -0.477 e. The van der Waals surface area contributed by atoms with E-state index in [9.17, 15) is 4.79 Å². The molecular weight excluding hydrogens is 324 g/mol. The van der Waals surface area contributed by atoms with Gasteiger partial charge in [0.05, 0.1) is 0 Å². The Bertz CT molecular complexity index is 892. The highest BCUT2D eigenvalue weighted by atomic mass is 16.4. The number of nitriles is 1. The van der Waals surface area contributed by atoms with Gasteiger partial charge in [0.2, 0.25) is 0 Å². The van der Waals surface area contributed by atoms with Gasteiger partial charge in [-0.25, -0.2) is 4.79 Å². The summed E-state index contributed by atoms with van der Waals surface area (Å²) in [6.07, 6.45) is 8.07. The fourth-order valence-corrected chi connectivity index (χ4v) is 3.17. The molecule has 26 heavy (non-hydrogen) atoms.